The molecule has 25 heavy (non-hydrogen) atoms. The van der Waals surface area contributed by atoms with E-state index in [-0.39, 0.29) is 31.9 Å². The molecule has 0 radical (unpaired) electrons. The molecule has 8 heteroatoms. The Morgan fingerprint density at radius 2 is 2.12 bits per heavy atom. The van der Waals surface area contributed by atoms with E-state index in [2.05, 4.69) is 0 Å². The number of hydrogen-bond acceptors (Lipinski definition) is 5. The molecular weight excluding hydrogens is 344 g/mol. The van der Waals surface area contributed by atoms with Crippen molar-refractivity contribution in [1.29, 1.82) is 0 Å². The summed E-state index contributed by atoms with van der Waals surface area (Å²) in [7, 11) is 1.59. The summed E-state index contributed by atoms with van der Waals surface area (Å²) in [5.74, 6) is -0.0688. The average molecular weight is 370 g/mol. The van der Waals surface area contributed by atoms with Crippen molar-refractivity contribution in [3.8, 4) is 5.75 Å². The van der Waals surface area contributed by atoms with Crippen LogP contribution in [0.4, 0.5) is 0 Å². The molecule has 7 nitrogen and oxygen atoms in total. The second-order valence-corrected chi connectivity index (χ2v) is 6.59. The second-order valence-electron chi connectivity index (χ2n) is 6.59. The van der Waals surface area contributed by atoms with Crippen LogP contribution < -0.4 is 10.2 Å². The molecule has 0 unspecified atom stereocenters. The zero-order valence-corrected chi connectivity index (χ0v) is 16.0. The highest BCUT2D eigenvalue weighted by Gasteiger charge is 2.30. The predicted octanol–water partition coefficient (Wildman–Crippen LogP) is 1.84. The first-order valence-electron chi connectivity index (χ1n) is 7.82. The van der Waals surface area contributed by atoms with E-state index in [1.807, 2.05) is 20.8 Å². The van der Waals surface area contributed by atoms with Crippen LogP contribution in [0.15, 0.2) is 18.2 Å². The monoisotopic (exact) mass is 370 g/mol. The number of methoxy groups -OCH3 is 1. The van der Waals surface area contributed by atoms with Crippen LogP contribution in [0.25, 0.3) is 0 Å². The summed E-state index contributed by atoms with van der Waals surface area (Å²) in [5, 5.41) is 8.73. The van der Waals surface area contributed by atoms with Crippen LogP contribution in [-0.2, 0) is 16.1 Å². The van der Waals surface area contributed by atoms with E-state index in [1.165, 1.54) is 0 Å². The summed E-state index contributed by atoms with van der Waals surface area (Å²) < 4.78 is 11.1. The number of ether oxygens (including phenoxy) is 2. The van der Waals surface area contributed by atoms with Gasteiger partial charge in [0.15, 0.2) is 0 Å². The highest BCUT2D eigenvalue weighted by molar-refractivity contribution is 7.59. The van der Waals surface area contributed by atoms with E-state index in [9.17, 15) is 9.59 Å². The van der Waals surface area contributed by atoms with Crippen molar-refractivity contribution >= 4 is 25.3 Å². The fraction of sp³-hybridized carbons (Fsp3) is 0.529. The Kier molecular flexibility index (Phi) is 7.28. The molecule has 1 aliphatic heterocycles. The fourth-order valence-electron chi connectivity index (χ4n) is 2.54. The summed E-state index contributed by atoms with van der Waals surface area (Å²) in [6, 6.07) is 4.79. The predicted molar refractivity (Wildman–Crippen MR) is 97.3 cm³/mol. The molecule has 0 aliphatic carbocycles. The fourth-order valence-corrected chi connectivity index (χ4v) is 2.54. The van der Waals surface area contributed by atoms with Crippen LogP contribution in [0, 0.1) is 0 Å². The largest absolute Gasteiger partial charge is 0.491 e. The summed E-state index contributed by atoms with van der Waals surface area (Å²) in [4.78, 5) is 25.9. The number of hydrogen-bond donors (Lipinski definition) is 2. The van der Waals surface area contributed by atoms with E-state index >= 15 is 0 Å². The number of nitrogens with zero attached hydrogens (tertiary/aromatic N) is 1. The summed E-state index contributed by atoms with van der Waals surface area (Å²) in [6.07, 6.45) is 0.272. The van der Waals surface area contributed by atoms with Gasteiger partial charge in [0, 0.05) is 24.8 Å². The lowest BCUT2D eigenvalue weighted by molar-refractivity contribution is -0.139. The molecule has 1 atom stereocenters. The molecule has 1 aromatic rings. The van der Waals surface area contributed by atoms with Crippen molar-refractivity contribution in [3.05, 3.63) is 29.3 Å². The maximum atomic E-state index is 12.7. The van der Waals surface area contributed by atoms with E-state index in [4.69, 9.17) is 14.7 Å². The molecule has 2 rings (SSSR count). The molecule has 2 amide bonds. The van der Waals surface area contributed by atoms with Crippen LogP contribution in [0.5, 0.6) is 5.75 Å². The normalized spacial score (nSPS) is 16.8. The molecule has 1 heterocycles. The minimum Gasteiger partial charge on any atom is -0.491 e. The third-order valence-corrected chi connectivity index (χ3v) is 4.23. The van der Waals surface area contributed by atoms with E-state index < -0.39 is 11.5 Å². The van der Waals surface area contributed by atoms with Gasteiger partial charge >= 0.3 is 0 Å². The topological polar surface area (TPSA) is 88.1 Å². The number of fused-ring (bicyclic) bond motifs is 1. The van der Waals surface area contributed by atoms with Crippen LogP contribution in [0.1, 0.15) is 43.1 Å². The van der Waals surface area contributed by atoms with Crippen molar-refractivity contribution in [1.82, 2.24) is 10.4 Å². The van der Waals surface area contributed by atoms with Gasteiger partial charge in [-0.3, -0.25) is 14.8 Å². The van der Waals surface area contributed by atoms with Gasteiger partial charge in [0.1, 0.15) is 12.4 Å². The van der Waals surface area contributed by atoms with E-state index in [0.717, 1.165) is 5.56 Å². The third kappa shape index (κ3) is 5.10. The molecule has 0 saturated heterocycles. The van der Waals surface area contributed by atoms with E-state index in [0.29, 0.717) is 24.5 Å². The maximum absolute atomic E-state index is 12.7. The van der Waals surface area contributed by atoms with Gasteiger partial charge in [-0.15, -0.1) is 0 Å². The molecule has 0 fully saturated rings. The number of carbonyl (C=O) groups is 2. The Labute approximate surface area is 154 Å². The molecule has 140 valence electrons. The molecule has 1 aromatic carbocycles. The van der Waals surface area contributed by atoms with Crippen molar-refractivity contribution in [2.45, 2.75) is 45.4 Å². The Balaban J connectivity index is 0.00000312. The number of hydroxylamine groups is 1. The minimum atomic E-state index is -0.603. The summed E-state index contributed by atoms with van der Waals surface area (Å²) in [5.41, 5.74) is 2.18. The third-order valence-electron chi connectivity index (χ3n) is 4.23. The molecule has 0 aromatic heterocycles. The lowest BCUT2D eigenvalue weighted by Crippen LogP contribution is -2.43. The first kappa shape index (κ1) is 21.3. The van der Waals surface area contributed by atoms with Crippen molar-refractivity contribution in [2.75, 3.05) is 13.7 Å². The molecule has 0 bridgehead atoms. The van der Waals surface area contributed by atoms with Gasteiger partial charge < -0.3 is 14.4 Å². The van der Waals surface area contributed by atoms with Crippen molar-refractivity contribution in [2.24, 2.45) is 0 Å². The number of rotatable bonds is 4. The van der Waals surface area contributed by atoms with Gasteiger partial charge in [-0.25, -0.2) is 5.48 Å². The first-order chi connectivity index (χ1) is 11.3. The molecule has 1 aliphatic rings. The molecular formula is C17H26N2O5S. The first-order valence-corrected chi connectivity index (χ1v) is 7.82. The molecule has 2 N–H and O–H groups in total. The van der Waals surface area contributed by atoms with Gasteiger partial charge in [0.05, 0.1) is 18.1 Å². The second kappa shape index (κ2) is 8.55. The number of nitrogens with one attached hydrogen (secondary N) is 1. The van der Waals surface area contributed by atoms with Gasteiger partial charge in [0.25, 0.3) is 5.91 Å². The number of benzene rings is 1. The molecule has 0 spiro atoms. The number of amides is 2. The van der Waals surface area contributed by atoms with Gasteiger partial charge in [-0.1, -0.05) is 6.07 Å². The van der Waals surface area contributed by atoms with Gasteiger partial charge in [-0.2, -0.15) is 13.5 Å². The minimum absolute atomic E-state index is 0. The quantitative estimate of drug-likeness (QED) is 0.624. The highest BCUT2D eigenvalue weighted by Crippen LogP contribution is 2.28. The van der Waals surface area contributed by atoms with Gasteiger partial charge in [0.2, 0.25) is 5.91 Å². The van der Waals surface area contributed by atoms with Crippen LogP contribution in [0.3, 0.4) is 0 Å². The van der Waals surface area contributed by atoms with Crippen molar-refractivity contribution < 1.29 is 24.3 Å². The van der Waals surface area contributed by atoms with Crippen LogP contribution in [0.2, 0.25) is 0 Å². The Hall–Kier alpha value is -1.77. The lowest BCUT2D eigenvalue weighted by Gasteiger charge is -2.30. The standard InChI is InChI=1S/C17H24N2O5.H2S/c1-11-10-24-14-7-12(16(21)18-22)5-6-13(14)9-19(11)15(20)8-17(2,3)23-4;/h5-7,11,22H,8-10H2,1-4H3,(H,18,21);1H2/t11-;/m0./s1. The molecule has 0 saturated carbocycles. The Morgan fingerprint density at radius 3 is 2.72 bits per heavy atom. The average Bonchev–Trinajstić information content (AvgIpc) is 2.72. The van der Waals surface area contributed by atoms with Crippen LogP contribution >= 0.6 is 13.5 Å². The Bertz CT molecular complexity index is 635. The zero-order chi connectivity index (χ0) is 17.9. The Morgan fingerprint density at radius 1 is 1.44 bits per heavy atom. The smallest absolute Gasteiger partial charge is 0.274 e. The summed E-state index contributed by atoms with van der Waals surface area (Å²) >= 11 is 0. The SMILES string of the molecule is COC(C)(C)CC(=O)N1Cc2ccc(C(=O)NO)cc2OC[C@@H]1C.S. The van der Waals surface area contributed by atoms with Crippen molar-refractivity contribution in [3.63, 3.8) is 0 Å². The zero-order valence-electron chi connectivity index (χ0n) is 15.0. The lowest BCUT2D eigenvalue weighted by atomic mass is 10.0. The van der Waals surface area contributed by atoms with E-state index in [1.54, 1.807) is 35.7 Å². The number of carbonyl (C=O) groups excluding carboxylic acids is 2. The highest BCUT2D eigenvalue weighted by atomic mass is 32.1. The summed E-state index contributed by atoms with van der Waals surface area (Å²) in [6.45, 7) is 6.40. The van der Waals surface area contributed by atoms with Gasteiger partial charge in [-0.05, 0) is 32.9 Å². The van der Waals surface area contributed by atoms with Crippen LogP contribution in [-0.4, -0.2) is 47.3 Å². The maximum Gasteiger partial charge on any atom is 0.274 e.